The predicted molar refractivity (Wildman–Crippen MR) is 72.2 cm³/mol. The molecular formula is C13H19BrN2. The first-order chi connectivity index (χ1) is 7.75. The molecule has 0 heterocycles. The molecule has 0 radical (unpaired) electrons. The Morgan fingerprint density at radius 1 is 1.38 bits per heavy atom. The Bertz CT molecular complexity index is 348. The van der Waals surface area contributed by atoms with Gasteiger partial charge in [-0.05, 0) is 52.5 Å². The first-order valence-electron chi connectivity index (χ1n) is 6.00. The van der Waals surface area contributed by atoms with E-state index < -0.39 is 0 Å². The molecule has 0 unspecified atom stereocenters. The minimum atomic E-state index is 0.818. The number of nitrogens with one attached hydrogen (secondary N) is 1. The van der Waals surface area contributed by atoms with E-state index in [2.05, 4.69) is 27.3 Å². The lowest BCUT2D eigenvalue weighted by Gasteiger charge is -2.25. The van der Waals surface area contributed by atoms with E-state index in [1.165, 1.54) is 31.2 Å². The molecule has 2 rings (SSSR count). The van der Waals surface area contributed by atoms with Gasteiger partial charge in [0.05, 0.1) is 0 Å². The van der Waals surface area contributed by atoms with Gasteiger partial charge in [0.25, 0.3) is 0 Å². The van der Waals surface area contributed by atoms with Crippen molar-refractivity contribution in [3.05, 3.63) is 28.2 Å². The molecule has 0 spiro atoms. The summed E-state index contributed by atoms with van der Waals surface area (Å²) in [5.41, 5.74) is 7.91. The highest BCUT2D eigenvalue weighted by Gasteiger charge is 2.15. The van der Waals surface area contributed by atoms with Crippen LogP contribution in [0.5, 0.6) is 0 Å². The molecule has 0 aliphatic heterocycles. The van der Waals surface area contributed by atoms with Gasteiger partial charge >= 0.3 is 0 Å². The third-order valence-corrected chi connectivity index (χ3v) is 4.07. The molecule has 3 heteroatoms. The minimum Gasteiger partial charge on any atom is -0.398 e. The van der Waals surface area contributed by atoms with Gasteiger partial charge in [-0.3, -0.25) is 0 Å². The van der Waals surface area contributed by atoms with Crippen LogP contribution in [0, 0.1) is 5.92 Å². The van der Waals surface area contributed by atoms with Crippen LogP contribution in [0.1, 0.15) is 31.2 Å². The maximum Gasteiger partial charge on any atom is 0.0461 e. The second-order valence-electron chi connectivity index (χ2n) is 4.62. The third-order valence-electron chi connectivity index (χ3n) is 3.34. The van der Waals surface area contributed by atoms with Crippen LogP contribution in [0.3, 0.4) is 0 Å². The van der Waals surface area contributed by atoms with E-state index in [9.17, 15) is 0 Å². The van der Waals surface area contributed by atoms with Gasteiger partial charge in [0.1, 0.15) is 0 Å². The largest absolute Gasteiger partial charge is 0.398 e. The van der Waals surface area contributed by atoms with Crippen molar-refractivity contribution in [3.8, 4) is 0 Å². The smallest absolute Gasteiger partial charge is 0.0461 e. The van der Waals surface area contributed by atoms with Crippen molar-refractivity contribution in [1.29, 1.82) is 0 Å². The fraction of sp³-hybridized carbons (Fsp3) is 0.538. The Morgan fingerprint density at radius 3 is 2.81 bits per heavy atom. The second-order valence-corrected chi connectivity index (χ2v) is 5.47. The maximum atomic E-state index is 5.83. The Labute approximate surface area is 106 Å². The summed E-state index contributed by atoms with van der Waals surface area (Å²) in [7, 11) is 0. The van der Waals surface area contributed by atoms with Crippen molar-refractivity contribution in [3.63, 3.8) is 0 Å². The number of hydrogen-bond acceptors (Lipinski definition) is 2. The van der Waals surface area contributed by atoms with Gasteiger partial charge in [0, 0.05) is 16.7 Å². The molecule has 2 nitrogen and oxygen atoms in total. The Hall–Kier alpha value is -0.540. The average Bonchev–Trinajstić information content (AvgIpc) is 2.20. The highest BCUT2D eigenvalue weighted by atomic mass is 79.9. The van der Waals surface area contributed by atoms with Crippen LogP contribution in [0.25, 0.3) is 0 Å². The molecule has 0 amide bonds. The highest BCUT2D eigenvalue weighted by molar-refractivity contribution is 9.10. The number of anilines is 1. The monoisotopic (exact) mass is 282 g/mol. The lowest BCUT2D eigenvalue weighted by Crippen LogP contribution is -2.21. The summed E-state index contributed by atoms with van der Waals surface area (Å²) >= 11 is 3.40. The number of hydrogen-bond donors (Lipinski definition) is 2. The number of halogens is 1. The van der Waals surface area contributed by atoms with Gasteiger partial charge in [-0.1, -0.05) is 25.3 Å². The molecule has 1 aliphatic carbocycles. The molecular weight excluding hydrogens is 264 g/mol. The van der Waals surface area contributed by atoms with Gasteiger partial charge in [-0.15, -0.1) is 0 Å². The van der Waals surface area contributed by atoms with E-state index in [4.69, 9.17) is 5.73 Å². The molecule has 0 bridgehead atoms. The van der Waals surface area contributed by atoms with Gasteiger partial charge < -0.3 is 11.1 Å². The average molecular weight is 283 g/mol. The standard InChI is InChI=1S/C13H19BrN2/c14-12-5-4-11(8-13(12)15)9-16-7-6-10-2-1-3-10/h4-5,8,10,16H,1-3,6-7,9,15H2. The quantitative estimate of drug-likeness (QED) is 0.642. The van der Waals surface area contributed by atoms with Gasteiger partial charge in [-0.2, -0.15) is 0 Å². The molecule has 88 valence electrons. The Kier molecular flexibility index (Phi) is 4.24. The molecule has 0 aromatic heterocycles. The first-order valence-corrected chi connectivity index (χ1v) is 6.79. The van der Waals surface area contributed by atoms with Crippen molar-refractivity contribution < 1.29 is 0 Å². The summed E-state index contributed by atoms with van der Waals surface area (Å²) in [5.74, 6) is 0.988. The van der Waals surface area contributed by atoms with Crippen molar-refractivity contribution in [2.45, 2.75) is 32.2 Å². The van der Waals surface area contributed by atoms with Crippen LogP contribution in [-0.2, 0) is 6.54 Å². The van der Waals surface area contributed by atoms with Crippen LogP contribution in [0.15, 0.2) is 22.7 Å². The zero-order valence-electron chi connectivity index (χ0n) is 9.51. The van der Waals surface area contributed by atoms with Crippen molar-refractivity contribution in [2.24, 2.45) is 5.92 Å². The third kappa shape index (κ3) is 3.22. The fourth-order valence-electron chi connectivity index (χ4n) is 2.02. The summed E-state index contributed by atoms with van der Waals surface area (Å²) in [4.78, 5) is 0. The summed E-state index contributed by atoms with van der Waals surface area (Å²) in [6, 6.07) is 6.15. The lowest BCUT2D eigenvalue weighted by atomic mass is 9.83. The van der Waals surface area contributed by atoms with E-state index in [1.807, 2.05) is 12.1 Å². The molecule has 1 fully saturated rings. The summed E-state index contributed by atoms with van der Waals surface area (Å²) in [6.07, 6.45) is 5.64. The second kappa shape index (κ2) is 5.69. The molecule has 0 saturated heterocycles. The van der Waals surface area contributed by atoms with Crippen LogP contribution < -0.4 is 11.1 Å². The molecule has 0 atom stereocenters. The minimum absolute atomic E-state index is 0.818. The van der Waals surface area contributed by atoms with Crippen LogP contribution in [-0.4, -0.2) is 6.54 Å². The highest BCUT2D eigenvalue weighted by Crippen LogP contribution is 2.28. The fourth-order valence-corrected chi connectivity index (χ4v) is 2.27. The SMILES string of the molecule is Nc1cc(CNCCC2CCC2)ccc1Br. The van der Waals surface area contributed by atoms with Crippen LogP contribution in [0.4, 0.5) is 5.69 Å². The van der Waals surface area contributed by atoms with Gasteiger partial charge in [0.15, 0.2) is 0 Å². The first kappa shape index (κ1) is 11.9. The Morgan fingerprint density at radius 2 is 2.19 bits per heavy atom. The molecule has 1 aromatic rings. The normalized spacial score (nSPS) is 16.1. The zero-order valence-corrected chi connectivity index (χ0v) is 11.1. The molecule has 1 saturated carbocycles. The summed E-state index contributed by atoms with van der Waals surface area (Å²) in [6.45, 7) is 2.05. The topological polar surface area (TPSA) is 38.0 Å². The number of benzene rings is 1. The molecule has 1 aliphatic rings. The predicted octanol–water partition coefficient (Wildman–Crippen LogP) is 3.31. The van der Waals surface area contributed by atoms with E-state index >= 15 is 0 Å². The van der Waals surface area contributed by atoms with Crippen molar-refractivity contribution in [2.75, 3.05) is 12.3 Å². The molecule has 1 aromatic carbocycles. The van der Waals surface area contributed by atoms with E-state index in [1.54, 1.807) is 0 Å². The Balaban J connectivity index is 1.69. The van der Waals surface area contributed by atoms with E-state index in [0.717, 1.165) is 29.2 Å². The van der Waals surface area contributed by atoms with Crippen LogP contribution in [0.2, 0.25) is 0 Å². The summed E-state index contributed by atoms with van der Waals surface area (Å²) in [5, 5.41) is 3.48. The van der Waals surface area contributed by atoms with Gasteiger partial charge in [0.2, 0.25) is 0 Å². The maximum absolute atomic E-state index is 5.83. The molecule has 3 N–H and O–H groups in total. The lowest BCUT2D eigenvalue weighted by molar-refractivity contribution is 0.292. The van der Waals surface area contributed by atoms with Crippen molar-refractivity contribution in [1.82, 2.24) is 5.32 Å². The number of nitrogens with two attached hydrogens (primary N) is 1. The summed E-state index contributed by atoms with van der Waals surface area (Å²) < 4.78 is 0.978. The van der Waals surface area contributed by atoms with E-state index in [0.29, 0.717) is 0 Å². The van der Waals surface area contributed by atoms with Crippen LogP contribution >= 0.6 is 15.9 Å². The molecule has 16 heavy (non-hydrogen) atoms. The number of rotatable bonds is 5. The van der Waals surface area contributed by atoms with Crippen molar-refractivity contribution >= 4 is 21.6 Å². The van der Waals surface area contributed by atoms with Gasteiger partial charge in [-0.25, -0.2) is 0 Å². The zero-order chi connectivity index (χ0) is 11.4. The number of nitrogen functional groups attached to an aromatic ring is 1. The van der Waals surface area contributed by atoms with E-state index in [-0.39, 0.29) is 0 Å².